The van der Waals surface area contributed by atoms with E-state index in [1.807, 2.05) is 42.7 Å². The molecule has 1 aliphatic carbocycles. The average Bonchev–Trinajstić information content (AvgIpc) is 3.57. The topological polar surface area (TPSA) is 121 Å². The van der Waals surface area contributed by atoms with Gasteiger partial charge < -0.3 is 15.7 Å². The molecule has 0 saturated carbocycles. The molecule has 8 nitrogen and oxygen atoms in total. The smallest absolute Gasteiger partial charge is 0.325 e. The predicted octanol–water partition coefficient (Wildman–Crippen LogP) is 7.69. The molecule has 0 fully saturated rings. The second-order valence-electron chi connectivity index (χ2n) is 14.4. The molecular formula is C39H44N4O4S. The van der Waals surface area contributed by atoms with Crippen molar-refractivity contribution in [2.24, 2.45) is 5.41 Å². The first-order valence-electron chi connectivity index (χ1n) is 16.3. The fourth-order valence-electron chi connectivity index (χ4n) is 5.54. The zero-order valence-electron chi connectivity index (χ0n) is 28.5. The Balaban J connectivity index is 1.26. The van der Waals surface area contributed by atoms with Gasteiger partial charge in [0.05, 0.1) is 4.88 Å². The second kappa shape index (κ2) is 14.2. The van der Waals surface area contributed by atoms with Crippen molar-refractivity contribution in [3.8, 4) is 22.5 Å². The molecule has 3 N–H and O–H groups in total. The molecule has 2 amide bonds. The third-order valence-electron chi connectivity index (χ3n) is 8.78. The van der Waals surface area contributed by atoms with Crippen LogP contribution in [-0.2, 0) is 21.4 Å². The normalized spacial score (nSPS) is 15.6. The standard InChI is InChI=1S/C39H44N4O4S/c1-24(37(46)47)42-35(44)31(43-36(45)32-15-16-33(48-32)38(2,3)4)21-25-7-9-29(10-8-25)34-40-22-30(23-41-34)27-13-11-26(12-14-27)28-17-19-39(5,6)20-18-28/h7-17,22-24,31H,18-21H2,1-6H3,(H,42,44)(H,43,45)(H,46,47)/t24-,31+/m1/s1. The predicted molar refractivity (Wildman–Crippen MR) is 192 cm³/mol. The van der Waals surface area contributed by atoms with Crippen LogP contribution in [-0.4, -0.2) is 44.9 Å². The maximum Gasteiger partial charge on any atom is 0.325 e. The number of carboxylic acids is 1. The molecule has 2 atom stereocenters. The summed E-state index contributed by atoms with van der Waals surface area (Å²) in [6.07, 6.45) is 9.59. The maximum atomic E-state index is 13.2. The lowest BCUT2D eigenvalue weighted by Crippen LogP contribution is -2.51. The highest BCUT2D eigenvalue weighted by molar-refractivity contribution is 7.14. The summed E-state index contributed by atoms with van der Waals surface area (Å²) in [5.41, 5.74) is 6.53. The Labute approximate surface area is 286 Å². The van der Waals surface area contributed by atoms with Crippen molar-refractivity contribution in [1.82, 2.24) is 20.6 Å². The molecule has 250 valence electrons. The van der Waals surface area contributed by atoms with E-state index >= 15 is 0 Å². The number of aromatic nitrogens is 2. The van der Waals surface area contributed by atoms with E-state index in [0.29, 0.717) is 16.1 Å². The number of nitrogens with one attached hydrogen (secondary N) is 2. The molecular weight excluding hydrogens is 621 g/mol. The van der Waals surface area contributed by atoms with Crippen molar-refractivity contribution in [2.45, 2.75) is 84.7 Å². The molecule has 2 aromatic heterocycles. The molecule has 9 heteroatoms. The minimum Gasteiger partial charge on any atom is -0.480 e. The van der Waals surface area contributed by atoms with Crippen molar-refractivity contribution in [3.63, 3.8) is 0 Å². The summed E-state index contributed by atoms with van der Waals surface area (Å²) in [4.78, 5) is 48.5. The van der Waals surface area contributed by atoms with Gasteiger partial charge in [-0.2, -0.15) is 0 Å². The summed E-state index contributed by atoms with van der Waals surface area (Å²) in [5.74, 6) is -1.54. The van der Waals surface area contributed by atoms with Crippen LogP contribution in [0.25, 0.3) is 28.1 Å². The van der Waals surface area contributed by atoms with E-state index in [0.717, 1.165) is 40.0 Å². The minimum absolute atomic E-state index is 0.112. The van der Waals surface area contributed by atoms with Gasteiger partial charge in [0.25, 0.3) is 5.91 Å². The molecule has 0 aliphatic heterocycles. The van der Waals surface area contributed by atoms with Crippen LogP contribution in [0.3, 0.4) is 0 Å². The highest BCUT2D eigenvalue weighted by atomic mass is 32.1. The van der Waals surface area contributed by atoms with E-state index in [1.54, 1.807) is 6.07 Å². The summed E-state index contributed by atoms with van der Waals surface area (Å²) in [5, 5.41) is 14.6. The van der Waals surface area contributed by atoms with Gasteiger partial charge in [-0.3, -0.25) is 14.4 Å². The number of thiophene rings is 1. The first-order chi connectivity index (χ1) is 22.7. The molecule has 0 radical (unpaired) electrons. The van der Waals surface area contributed by atoms with Crippen molar-refractivity contribution >= 4 is 34.7 Å². The maximum absolute atomic E-state index is 13.2. The number of carbonyl (C=O) groups excluding carboxylic acids is 2. The molecule has 0 spiro atoms. The number of nitrogens with zero attached hydrogens (tertiary/aromatic N) is 2. The van der Waals surface area contributed by atoms with E-state index in [-0.39, 0.29) is 17.7 Å². The zero-order chi connectivity index (χ0) is 34.6. The van der Waals surface area contributed by atoms with Gasteiger partial charge in [0.2, 0.25) is 5.91 Å². The number of benzene rings is 2. The van der Waals surface area contributed by atoms with E-state index in [4.69, 9.17) is 0 Å². The molecule has 5 rings (SSSR count). The van der Waals surface area contributed by atoms with Crippen LogP contribution in [0.1, 0.15) is 86.5 Å². The number of aliphatic carboxylic acids is 1. The third-order valence-corrected chi connectivity index (χ3v) is 10.3. The Bertz CT molecular complexity index is 1800. The van der Waals surface area contributed by atoms with E-state index < -0.39 is 24.0 Å². The van der Waals surface area contributed by atoms with Gasteiger partial charge in [-0.05, 0) is 71.4 Å². The molecule has 48 heavy (non-hydrogen) atoms. The van der Waals surface area contributed by atoms with Crippen molar-refractivity contribution in [3.05, 3.63) is 100 Å². The number of hydrogen-bond donors (Lipinski definition) is 3. The van der Waals surface area contributed by atoms with Crippen LogP contribution in [0, 0.1) is 5.41 Å². The first-order valence-corrected chi connectivity index (χ1v) is 17.2. The van der Waals surface area contributed by atoms with E-state index in [9.17, 15) is 19.5 Å². The van der Waals surface area contributed by atoms with Gasteiger partial charge in [-0.1, -0.05) is 89.2 Å². The summed E-state index contributed by atoms with van der Waals surface area (Å²) < 4.78 is 0. The number of rotatable bonds is 10. The van der Waals surface area contributed by atoms with Gasteiger partial charge in [0.1, 0.15) is 12.1 Å². The second-order valence-corrected chi connectivity index (χ2v) is 15.5. The van der Waals surface area contributed by atoms with Crippen molar-refractivity contribution < 1.29 is 19.5 Å². The van der Waals surface area contributed by atoms with Crippen molar-refractivity contribution in [2.75, 3.05) is 0 Å². The fourth-order valence-corrected chi connectivity index (χ4v) is 6.51. The Kier molecular flexibility index (Phi) is 10.3. The number of amides is 2. The SMILES string of the molecule is C[C@@H](NC(=O)[C@H](Cc1ccc(-c2ncc(-c3ccc(C4=CCC(C)(C)CC4)cc3)cn2)cc1)NC(=O)c1ccc(C(C)(C)C)s1)C(=O)O. The van der Waals surface area contributed by atoms with Gasteiger partial charge >= 0.3 is 5.97 Å². The molecule has 0 unspecified atom stereocenters. The van der Waals surface area contributed by atoms with Gasteiger partial charge in [-0.15, -0.1) is 11.3 Å². The minimum atomic E-state index is -1.16. The number of carboxylic acid groups (broad SMARTS) is 1. The molecule has 0 saturated heterocycles. The fraction of sp³-hybridized carbons (Fsp3) is 0.359. The Morgan fingerprint density at radius 1 is 0.875 bits per heavy atom. The van der Waals surface area contributed by atoms with Crippen LogP contribution < -0.4 is 10.6 Å². The van der Waals surface area contributed by atoms with Gasteiger partial charge in [0, 0.05) is 34.8 Å². The van der Waals surface area contributed by atoms with Gasteiger partial charge in [-0.25, -0.2) is 9.97 Å². The lowest BCUT2D eigenvalue weighted by molar-refractivity contribution is -0.141. The summed E-state index contributed by atoms with van der Waals surface area (Å²) in [6.45, 7) is 12.2. The van der Waals surface area contributed by atoms with Crippen LogP contribution in [0.5, 0.6) is 0 Å². The highest BCUT2D eigenvalue weighted by Gasteiger charge is 2.27. The Morgan fingerprint density at radius 3 is 2.06 bits per heavy atom. The van der Waals surface area contributed by atoms with Crippen molar-refractivity contribution in [1.29, 1.82) is 0 Å². The Hall–Kier alpha value is -4.63. The number of hydrogen-bond acceptors (Lipinski definition) is 6. The Morgan fingerprint density at radius 2 is 1.50 bits per heavy atom. The molecule has 2 heterocycles. The first kappa shape index (κ1) is 34.7. The van der Waals surface area contributed by atoms with E-state index in [1.165, 1.54) is 35.8 Å². The zero-order valence-corrected chi connectivity index (χ0v) is 29.3. The quantitative estimate of drug-likeness (QED) is 0.160. The highest BCUT2D eigenvalue weighted by Crippen LogP contribution is 2.38. The van der Waals surface area contributed by atoms with Crippen LogP contribution >= 0.6 is 11.3 Å². The van der Waals surface area contributed by atoms with Crippen LogP contribution in [0.4, 0.5) is 0 Å². The monoisotopic (exact) mass is 664 g/mol. The molecule has 1 aliphatic rings. The molecule has 4 aromatic rings. The lowest BCUT2D eigenvalue weighted by atomic mass is 9.77. The molecule has 0 bridgehead atoms. The summed E-state index contributed by atoms with van der Waals surface area (Å²) >= 11 is 1.38. The van der Waals surface area contributed by atoms with E-state index in [2.05, 4.69) is 85.6 Å². The number of carbonyl (C=O) groups is 3. The lowest BCUT2D eigenvalue weighted by Gasteiger charge is -2.28. The van der Waals surface area contributed by atoms with Crippen LogP contribution in [0.15, 0.2) is 79.1 Å². The number of allylic oxidation sites excluding steroid dienone is 2. The largest absolute Gasteiger partial charge is 0.480 e. The third kappa shape index (κ3) is 8.63. The summed E-state index contributed by atoms with van der Waals surface area (Å²) in [7, 11) is 0. The average molecular weight is 665 g/mol. The summed E-state index contributed by atoms with van der Waals surface area (Å²) in [6, 6.07) is 17.7. The van der Waals surface area contributed by atoms with Crippen LogP contribution in [0.2, 0.25) is 0 Å². The molecule has 2 aromatic carbocycles. The van der Waals surface area contributed by atoms with Gasteiger partial charge in [0.15, 0.2) is 5.82 Å².